The lowest BCUT2D eigenvalue weighted by Gasteiger charge is -2.07. The van der Waals surface area contributed by atoms with E-state index in [4.69, 9.17) is 27.9 Å². The fourth-order valence-corrected chi connectivity index (χ4v) is 2.55. The first-order valence-electron chi connectivity index (χ1n) is 5.83. The van der Waals surface area contributed by atoms with E-state index in [0.717, 1.165) is 23.1 Å². The molecule has 0 aliphatic carbocycles. The molecular formula is C12H13Cl2N3OS. The van der Waals surface area contributed by atoms with Gasteiger partial charge >= 0.3 is 0 Å². The molecule has 0 saturated heterocycles. The number of para-hydroxylation sites is 1. The molecule has 1 aromatic heterocycles. The Balaban J connectivity index is 1.97. The highest BCUT2D eigenvalue weighted by atomic mass is 35.5. The molecule has 102 valence electrons. The second-order valence-electron chi connectivity index (χ2n) is 3.77. The summed E-state index contributed by atoms with van der Waals surface area (Å²) in [5.74, 6) is 0.476. The molecule has 0 spiro atoms. The predicted molar refractivity (Wildman–Crippen MR) is 79.5 cm³/mol. The van der Waals surface area contributed by atoms with Crippen molar-refractivity contribution in [2.45, 2.75) is 20.0 Å². The van der Waals surface area contributed by atoms with Crippen LogP contribution in [0.5, 0.6) is 5.75 Å². The minimum atomic E-state index is 0.301. The van der Waals surface area contributed by atoms with E-state index < -0.39 is 0 Å². The Labute approximate surface area is 125 Å². The fourth-order valence-electron chi connectivity index (χ4n) is 1.37. The van der Waals surface area contributed by atoms with Gasteiger partial charge in [-0.25, -0.2) is 0 Å². The summed E-state index contributed by atoms with van der Waals surface area (Å²) in [6, 6.07) is 5.24. The van der Waals surface area contributed by atoms with Crippen molar-refractivity contribution in [3.05, 3.63) is 33.3 Å². The number of benzene rings is 1. The van der Waals surface area contributed by atoms with Gasteiger partial charge in [0, 0.05) is 6.54 Å². The van der Waals surface area contributed by atoms with Crippen LogP contribution in [0.15, 0.2) is 18.2 Å². The van der Waals surface area contributed by atoms with Gasteiger partial charge < -0.3 is 10.1 Å². The predicted octanol–water partition coefficient (Wildman–Crippen LogP) is 4.25. The molecule has 0 aliphatic heterocycles. The van der Waals surface area contributed by atoms with E-state index in [1.807, 2.05) is 0 Å². The average molecular weight is 318 g/mol. The summed E-state index contributed by atoms with van der Waals surface area (Å²) < 4.78 is 5.59. The summed E-state index contributed by atoms with van der Waals surface area (Å²) in [6.45, 7) is 3.28. The monoisotopic (exact) mass is 317 g/mol. The minimum absolute atomic E-state index is 0.301. The quantitative estimate of drug-likeness (QED) is 0.865. The van der Waals surface area contributed by atoms with E-state index in [0.29, 0.717) is 22.4 Å². The standard InChI is InChI=1S/C12H13Cl2N3OS/c1-2-6-15-12-17-16-10(19-12)7-18-11-8(13)4-3-5-9(11)14/h3-5H,2,6-7H2,1H3,(H,15,17). The molecule has 0 unspecified atom stereocenters. The second-order valence-corrected chi connectivity index (χ2v) is 5.64. The molecule has 1 aromatic carbocycles. The Morgan fingerprint density at radius 1 is 1.26 bits per heavy atom. The van der Waals surface area contributed by atoms with Gasteiger partial charge in [0.1, 0.15) is 6.61 Å². The summed E-state index contributed by atoms with van der Waals surface area (Å²) in [5.41, 5.74) is 0. The Hall–Kier alpha value is -1.04. The molecule has 1 heterocycles. The number of anilines is 1. The zero-order valence-corrected chi connectivity index (χ0v) is 12.6. The van der Waals surface area contributed by atoms with Crippen LogP contribution in [0.4, 0.5) is 5.13 Å². The zero-order chi connectivity index (χ0) is 13.7. The van der Waals surface area contributed by atoms with Crippen LogP contribution in [0, 0.1) is 0 Å². The molecule has 7 heteroatoms. The van der Waals surface area contributed by atoms with Crippen molar-refractivity contribution < 1.29 is 4.74 Å². The van der Waals surface area contributed by atoms with Crippen molar-refractivity contribution in [3.8, 4) is 5.75 Å². The number of ether oxygens (including phenoxy) is 1. The summed E-state index contributed by atoms with van der Waals surface area (Å²) in [7, 11) is 0. The maximum Gasteiger partial charge on any atom is 0.205 e. The topological polar surface area (TPSA) is 47.0 Å². The molecule has 0 saturated carbocycles. The van der Waals surface area contributed by atoms with Gasteiger partial charge in [0.25, 0.3) is 0 Å². The number of halogens is 2. The van der Waals surface area contributed by atoms with Gasteiger partial charge in [-0.1, -0.05) is 47.5 Å². The summed E-state index contributed by atoms with van der Waals surface area (Å²) in [5, 5.41) is 13.8. The molecule has 0 bridgehead atoms. The average Bonchev–Trinajstić information content (AvgIpc) is 2.84. The molecule has 2 aromatic rings. The number of hydrogen-bond donors (Lipinski definition) is 1. The van der Waals surface area contributed by atoms with E-state index in [2.05, 4.69) is 22.4 Å². The lowest BCUT2D eigenvalue weighted by molar-refractivity contribution is 0.305. The molecular weight excluding hydrogens is 305 g/mol. The largest absolute Gasteiger partial charge is 0.483 e. The second kappa shape index (κ2) is 6.93. The first-order valence-corrected chi connectivity index (χ1v) is 7.41. The van der Waals surface area contributed by atoms with Crippen molar-refractivity contribution in [2.75, 3.05) is 11.9 Å². The fraction of sp³-hybridized carbons (Fsp3) is 0.333. The maximum atomic E-state index is 6.02. The lowest BCUT2D eigenvalue weighted by Crippen LogP contribution is -1.98. The van der Waals surface area contributed by atoms with Crippen molar-refractivity contribution >= 4 is 39.7 Å². The third kappa shape index (κ3) is 3.96. The van der Waals surface area contributed by atoms with Gasteiger partial charge in [-0.05, 0) is 18.6 Å². The van der Waals surface area contributed by atoms with Gasteiger partial charge in [0.05, 0.1) is 10.0 Å². The number of aromatic nitrogens is 2. The van der Waals surface area contributed by atoms with Gasteiger partial charge in [0.2, 0.25) is 5.13 Å². The van der Waals surface area contributed by atoms with E-state index in [1.165, 1.54) is 11.3 Å². The first kappa shape index (κ1) is 14.4. The molecule has 1 N–H and O–H groups in total. The lowest BCUT2D eigenvalue weighted by atomic mass is 10.3. The summed E-state index contributed by atoms with van der Waals surface area (Å²) in [4.78, 5) is 0. The first-order chi connectivity index (χ1) is 9.20. The molecule has 0 radical (unpaired) electrons. The van der Waals surface area contributed by atoms with Gasteiger partial charge in [-0.3, -0.25) is 0 Å². The van der Waals surface area contributed by atoms with Gasteiger partial charge in [-0.15, -0.1) is 10.2 Å². The van der Waals surface area contributed by atoms with Crippen molar-refractivity contribution in [1.29, 1.82) is 0 Å². The molecule has 19 heavy (non-hydrogen) atoms. The molecule has 2 rings (SSSR count). The van der Waals surface area contributed by atoms with Crippen molar-refractivity contribution in [2.24, 2.45) is 0 Å². The Kier molecular flexibility index (Phi) is 5.24. The van der Waals surface area contributed by atoms with E-state index >= 15 is 0 Å². The normalized spacial score (nSPS) is 10.5. The number of rotatable bonds is 6. The number of nitrogens with zero attached hydrogens (tertiary/aromatic N) is 2. The van der Waals surface area contributed by atoms with Crippen LogP contribution in [0.25, 0.3) is 0 Å². The third-order valence-corrected chi connectivity index (χ3v) is 3.70. The maximum absolute atomic E-state index is 6.02. The minimum Gasteiger partial charge on any atom is -0.483 e. The highest BCUT2D eigenvalue weighted by Gasteiger charge is 2.09. The Morgan fingerprint density at radius 2 is 2.00 bits per heavy atom. The van der Waals surface area contributed by atoms with E-state index in [9.17, 15) is 0 Å². The van der Waals surface area contributed by atoms with Crippen molar-refractivity contribution in [1.82, 2.24) is 10.2 Å². The molecule has 0 atom stereocenters. The Morgan fingerprint density at radius 3 is 2.68 bits per heavy atom. The van der Waals surface area contributed by atoms with Gasteiger partial charge in [0.15, 0.2) is 10.8 Å². The highest BCUT2D eigenvalue weighted by molar-refractivity contribution is 7.15. The smallest absolute Gasteiger partial charge is 0.205 e. The highest BCUT2D eigenvalue weighted by Crippen LogP contribution is 2.33. The SMILES string of the molecule is CCCNc1nnc(COc2c(Cl)cccc2Cl)s1. The molecule has 0 aliphatic rings. The third-order valence-electron chi connectivity index (χ3n) is 2.25. The zero-order valence-electron chi connectivity index (χ0n) is 10.3. The summed E-state index contributed by atoms with van der Waals surface area (Å²) >= 11 is 13.5. The number of hydrogen-bond acceptors (Lipinski definition) is 5. The van der Waals surface area contributed by atoms with Crippen LogP contribution in [0.1, 0.15) is 18.4 Å². The van der Waals surface area contributed by atoms with E-state index in [1.54, 1.807) is 18.2 Å². The number of nitrogens with one attached hydrogen (secondary N) is 1. The van der Waals surface area contributed by atoms with Crippen LogP contribution in [-0.2, 0) is 6.61 Å². The Bertz CT molecular complexity index is 527. The van der Waals surface area contributed by atoms with Crippen LogP contribution >= 0.6 is 34.5 Å². The van der Waals surface area contributed by atoms with E-state index in [-0.39, 0.29) is 0 Å². The van der Waals surface area contributed by atoms with Crippen LogP contribution in [0.2, 0.25) is 10.0 Å². The molecule has 4 nitrogen and oxygen atoms in total. The van der Waals surface area contributed by atoms with Crippen LogP contribution in [0.3, 0.4) is 0 Å². The van der Waals surface area contributed by atoms with Crippen LogP contribution < -0.4 is 10.1 Å². The van der Waals surface area contributed by atoms with Crippen molar-refractivity contribution in [3.63, 3.8) is 0 Å². The van der Waals surface area contributed by atoms with Crippen LogP contribution in [-0.4, -0.2) is 16.7 Å². The molecule has 0 amide bonds. The molecule has 0 fully saturated rings. The van der Waals surface area contributed by atoms with Gasteiger partial charge in [-0.2, -0.15) is 0 Å². The summed E-state index contributed by atoms with van der Waals surface area (Å²) in [6.07, 6.45) is 1.04.